The molecule has 6 heteroatoms. The maximum Gasteiger partial charge on any atom is 0.269 e. The monoisotopic (exact) mass is 367 g/mol. The van der Waals surface area contributed by atoms with Gasteiger partial charge in [0.15, 0.2) is 0 Å². The smallest absolute Gasteiger partial charge is 0.269 e. The lowest BCUT2D eigenvalue weighted by Crippen LogP contribution is -1.92. The van der Waals surface area contributed by atoms with Crippen LogP contribution in [0.4, 0.5) is 11.4 Å². The third kappa shape index (κ3) is 4.02. The van der Waals surface area contributed by atoms with E-state index in [1.807, 2.05) is 24.3 Å². The van der Waals surface area contributed by atoms with Crippen molar-refractivity contribution in [3.05, 3.63) is 67.8 Å². The van der Waals surface area contributed by atoms with E-state index in [0.717, 1.165) is 9.13 Å². The van der Waals surface area contributed by atoms with Crippen molar-refractivity contribution in [2.45, 2.75) is 0 Å². The summed E-state index contributed by atoms with van der Waals surface area (Å²) < 4.78 is 1.14. The molecule has 2 aromatic carbocycles. The number of hydrazone groups is 1. The van der Waals surface area contributed by atoms with Gasteiger partial charge >= 0.3 is 0 Å². The number of nitrogens with zero attached hydrogens (tertiary/aromatic N) is 2. The molecule has 0 aromatic heterocycles. The summed E-state index contributed by atoms with van der Waals surface area (Å²) in [6.07, 6.45) is 1.70. The molecule has 0 saturated heterocycles. The van der Waals surface area contributed by atoms with Crippen molar-refractivity contribution in [3.8, 4) is 0 Å². The fraction of sp³-hybridized carbons (Fsp3) is 0. The summed E-state index contributed by atoms with van der Waals surface area (Å²) in [4.78, 5) is 10.1. The zero-order valence-electron chi connectivity index (χ0n) is 9.79. The first-order chi connectivity index (χ1) is 9.15. The molecule has 0 heterocycles. The Balaban J connectivity index is 2.00. The van der Waals surface area contributed by atoms with Gasteiger partial charge in [0, 0.05) is 15.7 Å². The van der Waals surface area contributed by atoms with Crippen LogP contribution in [0.15, 0.2) is 53.6 Å². The molecule has 0 saturated carbocycles. The van der Waals surface area contributed by atoms with Gasteiger partial charge in [-0.3, -0.25) is 15.5 Å². The quantitative estimate of drug-likeness (QED) is 0.388. The SMILES string of the molecule is O=[N+]([O-])c1ccc(NN=Cc2cccc(I)c2)cc1. The van der Waals surface area contributed by atoms with Crippen LogP contribution in [0.3, 0.4) is 0 Å². The first kappa shape index (κ1) is 13.5. The second kappa shape index (κ2) is 6.28. The summed E-state index contributed by atoms with van der Waals surface area (Å²) in [5, 5.41) is 14.6. The van der Waals surface area contributed by atoms with E-state index in [1.54, 1.807) is 18.3 Å². The van der Waals surface area contributed by atoms with Gasteiger partial charge in [-0.2, -0.15) is 5.10 Å². The van der Waals surface area contributed by atoms with E-state index in [4.69, 9.17) is 0 Å². The molecule has 0 fully saturated rings. The maximum atomic E-state index is 10.5. The maximum absolute atomic E-state index is 10.5. The van der Waals surface area contributed by atoms with E-state index in [0.29, 0.717) is 5.69 Å². The largest absolute Gasteiger partial charge is 0.278 e. The van der Waals surface area contributed by atoms with Crippen molar-refractivity contribution >= 4 is 40.2 Å². The first-order valence-electron chi connectivity index (χ1n) is 5.44. The second-order valence-electron chi connectivity index (χ2n) is 3.73. The molecular weight excluding hydrogens is 357 g/mol. The lowest BCUT2D eigenvalue weighted by Gasteiger charge is -1.99. The van der Waals surface area contributed by atoms with Crippen molar-refractivity contribution in [1.29, 1.82) is 0 Å². The first-order valence-corrected chi connectivity index (χ1v) is 6.52. The highest BCUT2D eigenvalue weighted by Crippen LogP contribution is 2.15. The molecule has 19 heavy (non-hydrogen) atoms. The van der Waals surface area contributed by atoms with Gasteiger partial charge in [0.05, 0.1) is 16.8 Å². The van der Waals surface area contributed by atoms with Crippen LogP contribution in [0.2, 0.25) is 0 Å². The molecule has 0 bridgehead atoms. The molecular formula is C13H10IN3O2. The van der Waals surface area contributed by atoms with Crippen LogP contribution in [-0.4, -0.2) is 11.1 Å². The average molecular weight is 367 g/mol. The Morgan fingerprint density at radius 3 is 2.58 bits per heavy atom. The summed E-state index contributed by atoms with van der Waals surface area (Å²) in [5.41, 5.74) is 4.57. The minimum absolute atomic E-state index is 0.0622. The highest BCUT2D eigenvalue weighted by molar-refractivity contribution is 14.1. The Hall–Kier alpha value is -1.96. The molecule has 0 aliphatic rings. The Morgan fingerprint density at radius 1 is 1.21 bits per heavy atom. The fourth-order valence-electron chi connectivity index (χ4n) is 1.43. The average Bonchev–Trinajstić information content (AvgIpc) is 2.39. The van der Waals surface area contributed by atoms with Crippen LogP contribution in [0.5, 0.6) is 0 Å². The summed E-state index contributed by atoms with van der Waals surface area (Å²) in [6, 6.07) is 14.0. The highest BCUT2D eigenvalue weighted by Gasteiger charge is 2.02. The van der Waals surface area contributed by atoms with Crippen molar-refractivity contribution in [1.82, 2.24) is 0 Å². The Bertz CT molecular complexity index is 612. The number of nitro groups is 1. The van der Waals surface area contributed by atoms with Gasteiger partial charge in [0.2, 0.25) is 0 Å². The molecule has 0 aliphatic carbocycles. The van der Waals surface area contributed by atoms with Gasteiger partial charge in [-0.05, 0) is 52.4 Å². The second-order valence-corrected chi connectivity index (χ2v) is 4.97. The Kier molecular flexibility index (Phi) is 4.45. The molecule has 0 amide bonds. The molecule has 96 valence electrons. The standard InChI is InChI=1S/C13H10IN3O2/c14-11-3-1-2-10(8-11)9-15-16-12-4-6-13(7-5-12)17(18)19/h1-9,16H. The van der Waals surface area contributed by atoms with Crippen molar-refractivity contribution < 1.29 is 4.92 Å². The lowest BCUT2D eigenvalue weighted by molar-refractivity contribution is -0.384. The molecule has 2 rings (SSSR count). The Labute approximate surface area is 123 Å². The molecule has 0 aliphatic heterocycles. The van der Waals surface area contributed by atoms with Gasteiger partial charge in [-0.1, -0.05) is 12.1 Å². The number of non-ortho nitro benzene ring substituents is 1. The third-order valence-electron chi connectivity index (χ3n) is 2.33. The topological polar surface area (TPSA) is 67.5 Å². The minimum Gasteiger partial charge on any atom is -0.278 e. The number of nitro benzene ring substituents is 1. The van der Waals surface area contributed by atoms with Gasteiger partial charge < -0.3 is 0 Å². The fourth-order valence-corrected chi connectivity index (χ4v) is 1.99. The van der Waals surface area contributed by atoms with Crippen LogP contribution in [-0.2, 0) is 0 Å². The van der Waals surface area contributed by atoms with E-state index < -0.39 is 4.92 Å². The van der Waals surface area contributed by atoms with Gasteiger partial charge in [0.1, 0.15) is 0 Å². The lowest BCUT2D eigenvalue weighted by atomic mass is 10.2. The Morgan fingerprint density at radius 2 is 1.95 bits per heavy atom. The number of benzene rings is 2. The molecule has 5 nitrogen and oxygen atoms in total. The third-order valence-corrected chi connectivity index (χ3v) is 3.01. The molecule has 2 aromatic rings. The number of nitrogens with one attached hydrogen (secondary N) is 1. The predicted octanol–water partition coefficient (Wildman–Crippen LogP) is 3.65. The minimum atomic E-state index is -0.432. The molecule has 0 unspecified atom stereocenters. The summed E-state index contributed by atoms with van der Waals surface area (Å²) in [6.45, 7) is 0. The van der Waals surface area contributed by atoms with E-state index >= 15 is 0 Å². The number of anilines is 1. The van der Waals surface area contributed by atoms with Gasteiger partial charge in [0.25, 0.3) is 5.69 Å². The molecule has 0 spiro atoms. The van der Waals surface area contributed by atoms with Crippen LogP contribution in [0.1, 0.15) is 5.56 Å². The van der Waals surface area contributed by atoms with Gasteiger partial charge in [-0.15, -0.1) is 0 Å². The molecule has 0 radical (unpaired) electrons. The van der Waals surface area contributed by atoms with Crippen LogP contribution >= 0.6 is 22.6 Å². The van der Waals surface area contributed by atoms with E-state index in [2.05, 4.69) is 33.1 Å². The van der Waals surface area contributed by atoms with Crippen LogP contribution < -0.4 is 5.43 Å². The normalized spacial score (nSPS) is 10.6. The number of hydrogen-bond donors (Lipinski definition) is 1. The van der Waals surface area contributed by atoms with Crippen LogP contribution in [0.25, 0.3) is 0 Å². The zero-order chi connectivity index (χ0) is 13.7. The number of rotatable bonds is 4. The van der Waals surface area contributed by atoms with E-state index in [-0.39, 0.29) is 5.69 Å². The number of halogens is 1. The van der Waals surface area contributed by atoms with Crippen molar-refractivity contribution in [2.24, 2.45) is 5.10 Å². The summed E-state index contributed by atoms with van der Waals surface area (Å²) in [7, 11) is 0. The van der Waals surface area contributed by atoms with E-state index in [1.165, 1.54) is 12.1 Å². The number of hydrogen-bond acceptors (Lipinski definition) is 4. The summed E-state index contributed by atoms with van der Waals surface area (Å²) >= 11 is 2.23. The predicted molar refractivity (Wildman–Crippen MR) is 83.5 cm³/mol. The molecule has 0 atom stereocenters. The van der Waals surface area contributed by atoms with E-state index in [9.17, 15) is 10.1 Å². The van der Waals surface area contributed by atoms with Crippen LogP contribution in [0, 0.1) is 13.7 Å². The summed E-state index contributed by atoms with van der Waals surface area (Å²) in [5.74, 6) is 0. The van der Waals surface area contributed by atoms with Crippen molar-refractivity contribution in [3.63, 3.8) is 0 Å². The molecule has 1 N–H and O–H groups in total. The van der Waals surface area contributed by atoms with Crippen molar-refractivity contribution in [2.75, 3.05) is 5.43 Å². The zero-order valence-corrected chi connectivity index (χ0v) is 11.9. The van der Waals surface area contributed by atoms with Gasteiger partial charge in [-0.25, -0.2) is 0 Å². The highest BCUT2D eigenvalue weighted by atomic mass is 127.